The van der Waals surface area contributed by atoms with Gasteiger partial charge in [-0.1, -0.05) is 0 Å². The van der Waals surface area contributed by atoms with Crippen molar-refractivity contribution in [3.05, 3.63) is 18.2 Å². The van der Waals surface area contributed by atoms with E-state index in [-0.39, 0.29) is 4.90 Å². The van der Waals surface area contributed by atoms with Gasteiger partial charge in [0.25, 0.3) is 0 Å². The molecule has 0 aromatic heterocycles. The average molecular weight is 315 g/mol. The minimum absolute atomic E-state index is 0.0386. The Morgan fingerprint density at radius 1 is 1.33 bits per heavy atom. The van der Waals surface area contributed by atoms with Crippen LogP contribution in [0.3, 0.4) is 0 Å². The Labute approximate surface area is 124 Å². The normalized spacial score (nSPS) is 18.4. The maximum absolute atomic E-state index is 11.5. The number of hydrogen-bond donors (Lipinski definition) is 3. The molecule has 0 unspecified atom stereocenters. The molecule has 118 valence electrons. The maximum Gasteiger partial charge on any atom is 0.238 e. The van der Waals surface area contributed by atoms with Crippen molar-refractivity contribution in [3.63, 3.8) is 0 Å². The molecule has 7 nitrogen and oxygen atoms in total. The summed E-state index contributed by atoms with van der Waals surface area (Å²) in [6, 6.07) is 4.42. The number of nitrogens with zero attached hydrogens (tertiary/aromatic N) is 1. The fraction of sp³-hybridized carbons (Fsp3) is 0.538. The summed E-state index contributed by atoms with van der Waals surface area (Å²) in [4.78, 5) is 1.74. The number of nitrogen functional groups attached to an aromatic ring is 1. The van der Waals surface area contributed by atoms with Crippen LogP contribution in [-0.4, -0.2) is 45.9 Å². The highest BCUT2D eigenvalue weighted by Crippen LogP contribution is 2.27. The fourth-order valence-electron chi connectivity index (χ4n) is 2.43. The van der Waals surface area contributed by atoms with E-state index in [4.69, 9.17) is 15.6 Å². The Hall–Kier alpha value is -1.35. The summed E-state index contributed by atoms with van der Waals surface area (Å²) < 4.78 is 28.1. The molecule has 1 aromatic rings. The summed E-state index contributed by atoms with van der Waals surface area (Å²) in [5.41, 5.74) is 5.79. The van der Waals surface area contributed by atoms with Gasteiger partial charge < -0.3 is 20.5 Å². The van der Waals surface area contributed by atoms with E-state index in [0.29, 0.717) is 44.0 Å². The number of hydrogen-bond acceptors (Lipinski definition) is 6. The first-order chi connectivity index (χ1) is 9.70. The van der Waals surface area contributed by atoms with Gasteiger partial charge in [-0.3, -0.25) is 0 Å². The quantitative estimate of drug-likeness (QED) is 0.667. The molecule has 1 saturated heterocycles. The number of benzene rings is 1. The van der Waals surface area contributed by atoms with E-state index in [1.165, 1.54) is 12.1 Å². The molecule has 5 N–H and O–H groups in total. The second-order valence-corrected chi connectivity index (χ2v) is 7.06. The van der Waals surface area contributed by atoms with Crippen LogP contribution in [0, 0.1) is 0 Å². The van der Waals surface area contributed by atoms with E-state index in [2.05, 4.69) is 0 Å². The smallest absolute Gasteiger partial charge is 0.238 e. The zero-order valence-corrected chi connectivity index (χ0v) is 12.8. The highest BCUT2D eigenvalue weighted by Gasteiger charge is 2.31. The van der Waals surface area contributed by atoms with Crippen LogP contribution in [0.2, 0.25) is 0 Å². The third kappa shape index (κ3) is 4.07. The van der Waals surface area contributed by atoms with Crippen molar-refractivity contribution in [3.8, 4) is 0 Å². The van der Waals surface area contributed by atoms with Gasteiger partial charge in [-0.15, -0.1) is 0 Å². The van der Waals surface area contributed by atoms with Crippen molar-refractivity contribution in [2.24, 2.45) is 5.14 Å². The van der Waals surface area contributed by atoms with Gasteiger partial charge in [0.05, 0.1) is 10.5 Å². The van der Waals surface area contributed by atoms with E-state index in [9.17, 15) is 13.5 Å². The van der Waals surface area contributed by atoms with Crippen LogP contribution >= 0.6 is 0 Å². The molecule has 1 heterocycles. The van der Waals surface area contributed by atoms with Crippen molar-refractivity contribution in [2.75, 3.05) is 37.4 Å². The fourth-order valence-corrected chi connectivity index (χ4v) is 3.02. The van der Waals surface area contributed by atoms with Gasteiger partial charge in [0.2, 0.25) is 10.0 Å². The highest BCUT2D eigenvalue weighted by atomic mass is 32.2. The number of sulfonamides is 1. The molecule has 0 aliphatic carbocycles. The van der Waals surface area contributed by atoms with Crippen molar-refractivity contribution >= 4 is 21.4 Å². The molecule has 0 saturated carbocycles. The largest absolute Gasteiger partial charge is 0.399 e. The zero-order valence-electron chi connectivity index (χ0n) is 11.9. The predicted octanol–water partition coefficient (Wildman–Crippen LogP) is -0.106. The van der Waals surface area contributed by atoms with Gasteiger partial charge in [0.15, 0.2) is 0 Å². The molecule has 1 aromatic carbocycles. The molecular formula is C13H21N3O4S. The first-order valence-corrected chi connectivity index (χ1v) is 8.19. The van der Waals surface area contributed by atoms with Crippen LogP contribution in [0.4, 0.5) is 11.4 Å². The lowest BCUT2D eigenvalue weighted by Crippen LogP contribution is -2.45. The molecule has 2 rings (SSSR count). The number of rotatable bonds is 4. The number of likely N-dealkylation sites (N-methyl/N-ethyl adjacent to an activating group) is 1. The second-order valence-electron chi connectivity index (χ2n) is 5.50. The van der Waals surface area contributed by atoms with Gasteiger partial charge in [-0.05, 0) is 18.2 Å². The topological polar surface area (TPSA) is 119 Å². The number of ether oxygens (including phenoxy) is 1. The molecule has 1 fully saturated rings. The van der Waals surface area contributed by atoms with E-state index in [0.717, 1.165) is 0 Å². The summed E-state index contributed by atoms with van der Waals surface area (Å²) >= 11 is 0. The first kappa shape index (κ1) is 16.0. The number of aliphatic hydroxyl groups is 1. The lowest BCUT2D eigenvalue weighted by Gasteiger charge is -2.36. The maximum atomic E-state index is 11.5. The zero-order chi connectivity index (χ0) is 15.7. The monoisotopic (exact) mass is 315 g/mol. The van der Waals surface area contributed by atoms with Crippen LogP contribution < -0.4 is 15.8 Å². The predicted molar refractivity (Wildman–Crippen MR) is 80.5 cm³/mol. The average Bonchev–Trinajstić information content (AvgIpc) is 2.37. The Bertz CT molecular complexity index is 612. The summed E-state index contributed by atoms with van der Waals surface area (Å²) in [7, 11) is -2.05. The van der Waals surface area contributed by atoms with Crippen LogP contribution in [0.25, 0.3) is 0 Å². The second kappa shape index (κ2) is 5.80. The lowest BCUT2D eigenvalue weighted by molar-refractivity contribution is -0.0572. The first-order valence-electron chi connectivity index (χ1n) is 6.64. The van der Waals surface area contributed by atoms with Crippen molar-refractivity contribution in [2.45, 2.75) is 23.3 Å². The molecule has 1 aliphatic heterocycles. The van der Waals surface area contributed by atoms with E-state index in [1.807, 2.05) is 0 Å². The van der Waals surface area contributed by atoms with Gasteiger partial charge in [0.1, 0.15) is 0 Å². The number of anilines is 2. The van der Waals surface area contributed by atoms with Crippen molar-refractivity contribution < 1.29 is 18.3 Å². The summed E-state index contributed by atoms with van der Waals surface area (Å²) in [6.07, 6.45) is 1.09. The van der Waals surface area contributed by atoms with Gasteiger partial charge >= 0.3 is 0 Å². The van der Waals surface area contributed by atoms with Crippen LogP contribution in [0.15, 0.2) is 23.1 Å². The third-order valence-electron chi connectivity index (χ3n) is 3.64. The molecule has 8 heteroatoms. The Morgan fingerprint density at radius 3 is 2.52 bits per heavy atom. The lowest BCUT2D eigenvalue weighted by atomic mass is 9.94. The Kier molecular flexibility index (Phi) is 4.43. The molecule has 21 heavy (non-hydrogen) atoms. The van der Waals surface area contributed by atoms with E-state index in [1.54, 1.807) is 18.0 Å². The van der Waals surface area contributed by atoms with Crippen molar-refractivity contribution in [1.29, 1.82) is 0 Å². The van der Waals surface area contributed by atoms with Gasteiger partial charge in [-0.25, -0.2) is 13.6 Å². The molecule has 0 spiro atoms. The van der Waals surface area contributed by atoms with E-state index >= 15 is 0 Å². The van der Waals surface area contributed by atoms with Gasteiger partial charge in [-0.2, -0.15) is 0 Å². The minimum Gasteiger partial charge on any atom is -0.399 e. The molecule has 0 radical (unpaired) electrons. The molecule has 0 atom stereocenters. The molecular weight excluding hydrogens is 294 g/mol. The van der Waals surface area contributed by atoms with Crippen LogP contribution in [0.1, 0.15) is 12.8 Å². The Morgan fingerprint density at radius 2 is 1.95 bits per heavy atom. The summed E-state index contributed by atoms with van der Waals surface area (Å²) in [6.45, 7) is 1.40. The van der Waals surface area contributed by atoms with Crippen LogP contribution in [-0.2, 0) is 14.8 Å². The summed E-state index contributed by atoms with van der Waals surface area (Å²) in [5, 5.41) is 15.6. The third-order valence-corrected chi connectivity index (χ3v) is 4.53. The molecule has 0 bridgehead atoms. The number of primary sulfonamides is 1. The van der Waals surface area contributed by atoms with E-state index < -0.39 is 15.6 Å². The van der Waals surface area contributed by atoms with Crippen molar-refractivity contribution in [1.82, 2.24) is 0 Å². The Balaban J connectivity index is 2.23. The van der Waals surface area contributed by atoms with Gasteiger partial charge in [0, 0.05) is 51.0 Å². The highest BCUT2D eigenvalue weighted by molar-refractivity contribution is 7.89. The summed E-state index contributed by atoms with van der Waals surface area (Å²) in [5.74, 6) is 0. The molecule has 1 aliphatic rings. The minimum atomic E-state index is -3.82. The standard InChI is InChI=1S/C13H21N3O4S/c1-16(9-13(17)2-4-20-5-3-13)11-6-10(14)7-12(8-11)21(15,18)19/h6-8,17H,2-5,9,14H2,1H3,(H2,15,18,19). The SMILES string of the molecule is CN(CC1(O)CCOCC1)c1cc(N)cc(S(N)(=O)=O)c1. The van der Waals surface area contributed by atoms with Crippen LogP contribution in [0.5, 0.6) is 0 Å². The molecule has 0 amide bonds. The number of nitrogens with two attached hydrogens (primary N) is 2.